The van der Waals surface area contributed by atoms with Gasteiger partial charge in [-0.1, -0.05) is 26.7 Å². The molecule has 3 rings (SSSR count). The third-order valence-corrected chi connectivity index (χ3v) is 7.50. The van der Waals surface area contributed by atoms with Crippen molar-refractivity contribution >= 4 is 17.7 Å². The SMILES string of the molecule is CCCNC(=O)[C@H]1[C@H]2C(=O)N(CCCCCCO)C(C(=O)NC(C)C)C23CC[C@]1(CC)O3. The van der Waals surface area contributed by atoms with Gasteiger partial charge >= 0.3 is 0 Å². The van der Waals surface area contributed by atoms with E-state index in [9.17, 15) is 14.4 Å². The summed E-state index contributed by atoms with van der Waals surface area (Å²) in [5.74, 6) is -1.61. The highest BCUT2D eigenvalue weighted by Gasteiger charge is 2.78. The normalized spacial score (nSPS) is 33.1. The number of likely N-dealkylation sites (tertiary alicyclic amines) is 1. The number of nitrogens with one attached hydrogen (secondary N) is 2. The number of fused-ring (bicyclic) bond motifs is 1. The fourth-order valence-corrected chi connectivity index (χ4v) is 6.13. The Hall–Kier alpha value is -1.67. The number of amides is 3. The third kappa shape index (κ3) is 4.16. The molecule has 3 aliphatic rings. The lowest BCUT2D eigenvalue weighted by atomic mass is 9.65. The number of nitrogens with zero attached hydrogens (tertiary/aromatic N) is 1. The van der Waals surface area contributed by atoms with Crippen molar-refractivity contribution in [2.24, 2.45) is 11.8 Å². The summed E-state index contributed by atoms with van der Waals surface area (Å²) < 4.78 is 6.68. The maximum atomic E-state index is 13.8. The van der Waals surface area contributed by atoms with E-state index < -0.39 is 29.1 Å². The van der Waals surface area contributed by atoms with Gasteiger partial charge in [-0.25, -0.2) is 0 Å². The fourth-order valence-electron chi connectivity index (χ4n) is 6.13. The molecule has 0 aromatic rings. The highest BCUT2D eigenvalue weighted by molar-refractivity contribution is 5.99. The molecule has 0 aromatic heterocycles. The van der Waals surface area contributed by atoms with Crippen LogP contribution in [0.4, 0.5) is 0 Å². The number of unbranched alkanes of at least 4 members (excludes halogenated alkanes) is 3. The minimum absolute atomic E-state index is 0.0538. The molecule has 8 heteroatoms. The number of carbonyl (C=O) groups is 3. The van der Waals surface area contributed by atoms with Crippen molar-refractivity contribution < 1.29 is 24.2 Å². The lowest BCUT2D eigenvalue weighted by Crippen LogP contribution is -2.56. The first-order valence-corrected chi connectivity index (χ1v) is 12.5. The molecule has 1 spiro atoms. The second-order valence-corrected chi connectivity index (χ2v) is 9.96. The molecule has 0 radical (unpaired) electrons. The van der Waals surface area contributed by atoms with Gasteiger partial charge in [0, 0.05) is 25.7 Å². The molecule has 3 saturated heterocycles. The van der Waals surface area contributed by atoms with Crippen molar-refractivity contribution in [3.8, 4) is 0 Å². The Kier molecular flexibility index (Phi) is 7.86. The number of ether oxygens (including phenoxy) is 1. The minimum atomic E-state index is -0.939. The van der Waals surface area contributed by atoms with Crippen molar-refractivity contribution in [2.45, 2.75) is 102 Å². The summed E-state index contributed by atoms with van der Waals surface area (Å²) in [5, 5.41) is 15.0. The molecule has 3 heterocycles. The van der Waals surface area contributed by atoms with Crippen molar-refractivity contribution in [1.82, 2.24) is 15.5 Å². The summed E-state index contributed by atoms with van der Waals surface area (Å²) in [5.41, 5.74) is -1.62. The van der Waals surface area contributed by atoms with Gasteiger partial charge in [0.25, 0.3) is 0 Å². The van der Waals surface area contributed by atoms with Gasteiger partial charge in [0.2, 0.25) is 17.7 Å². The van der Waals surface area contributed by atoms with E-state index in [-0.39, 0.29) is 30.4 Å². The van der Waals surface area contributed by atoms with Gasteiger partial charge in [-0.3, -0.25) is 14.4 Å². The second kappa shape index (κ2) is 10.1. The molecule has 5 atom stereocenters. The van der Waals surface area contributed by atoms with E-state index in [0.717, 1.165) is 32.1 Å². The first-order valence-electron chi connectivity index (χ1n) is 12.5. The van der Waals surface area contributed by atoms with Gasteiger partial charge in [-0.15, -0.1) is 0 Å². The monoisotopic (exact) mass is 451 g/mol. The van der Waals surface area contributed by atoms with E-state index in [0.29, 0.717) is 32.4 Å². The standard InChI is InChI=1S/C24H41N3O5/c1-5-13-25-20(29)17-18-22(31)27(14-9-7-8-10-15-28)19(21(30)26-16(3)4)24(18)12-11-23(17,6-2)32-24/h16-19,28H,5-15H2,1-4H3,(H,25,29)(H,26,30)/t17-,18+,19?,23+,24?/m1/s1. The quantitative estimate of drug-likeness (QED) is 0.392. The molecule has 2 unspecified atom stereocenters. The van der Waals surface area contributed by atoms with Crippen LogP contribution in [0.2, 0.25) is 0 Å². The molecule has 0 aliphatic carbocycles. The largest absolute Gasteiger partial charge is 0.396 e. The Balaban J connectivity index is 1.92. The van der Waals surface area contributed by atoms with Crippen LogP contribution >= 0.6 is 0 Å². The van der Waals surface area contributed by atoms with E-state index in [1.54, 1.807) is 4.90 Å². The van der Waals surface area contributed by atoms with Crippen LogP contribution in [0.25, 0.3) is 0 Å². The Bertz CT molecular complexity index is 714. The maximum Gasteiger partial charge on any atom is 0.246 e. The first-order chi connectivity index (χ1) is 15.3. The molecular weight excluding hydrogens is 410 g/mol. The zero-order valence-corrected chi connectivity index (χ0v) is 20.1. The molecule has 3 N–H and O–H groups in total. The van der Waals surface area contributed by atoms with E-state index in [1.807, 2.05) is 27.7 Å². The third-order valence-electron chi connectivity index (χ3n) is 7.50. The topological polar surface area (TPSA) is 108 Å². The molecule has 8 nitrogen and oxygen atoms in total. The lowest BCUT2D eigenvalue weighted by molar-refractivity contribution is -0.147. The van der Waals surface area contributed by atoms with Crippen LogP contribution in [0.3, 0.4) is 0 Å². The number of aliphatic hydroxyl groups is 1. The van der Waals surface area contributed by atoms with Gasteiger partial charge in [0.1, 0.15) is 11.6 Å². The van der Waals surface area contributed by atoms with Gasteiger partial charge in [0.15, 0.2) is 0 Å². The van der Waals surface area contributed by atoms with Crippen LogP contribution in [0, 0.1) is 11.8 Å². The molecule has 3 aliphatic heterocycles. The molecule has 0 aromatic carbocycles. The van der Waals surface area contributed by atoms with Gasteiger partial charge in [0.05, 0.1) is 17.4 Å². The zero-order valence-electron chi connectivity index (χ0n) is 20.1. The predicted octanol–water partition coefficient (Wildman–Crippen LogP) is 1.74. The van der Waals surface area contributed by atoms with Gasteiger partial charge < -0.3 is 25.4 Å². The molecular formula is C24H41N3O5. The Morgan fingerprint density at radius 3 is 2.50 bits per heavy atom. The average Bonchev–Trinajstić information content (AvgIpc) is 3.35. The molecule has 32 heavy (non-hydrogen) atoms. The highest BCUT2D eigenvalue weighted by atomic mass is 16.5. The summed E-state index contributed by atoms with van der Waals surface area (Å²) in [4.78, 5) is 42.1. The van der Waals surface area contributed by atoms with Gasteiger partial charge in [-0.2, -0.15) is 0 Å². The van der Waals surface area contributed by atoms with Crippen LogP contribution in [0.15, 0.2) is 0 Å². The molecule has 3 fully saturated rings. The molecule has 2 bridgehead atoms. The summed E-state index contributed by atoms with van der Waals surface area (Å²) in [6, 6.07) is -0.764. The maximum absolute atomic E-state index is 13.8. The molecule has 3 amide bonds. The minimum Gasteiger partial charge on any atom is -0.396 e. The van der Waals surface area contributed by atoms with Crippen molar-refractivity contribution in [3.63, 3.8) is 0 Å². The predicted molar refractivity (Wildman–Crippen MR) is 121 cm³/mol. The van der Waals surface area contributed by atoms with Crippen LogP contribution in [-0.2, 0) is 19.1 Å². The van der Waals surface area contributed by atoms with Crippen LogP contribution in [0.1, 0.15) is 79.1 Å². The van der Waals surface area contributed by atoms with E-state index in [2.05, 4.69) is 10.6 Å². The number of carbonyl (C=O) groups excluding carboxylic acids is 3. The molecule has 182 valence electrons. The van der Waals surface area contributed by atoms with Crippen molar-refractivity contribution in [1.29, 1.82) is 0 Å². The summed E-state index contributed by atoms with van der Waals surface area (Å²) in [6.45, 7) is 9.01. The Morgan fingerprint density at radius 1 is 1.16 bits per heavy atom. The van der Waals surface area contributed by atoms with E-state index in [4.69, 9.17) is 9.84 Å². The summed E-state index contributed by atoms with van der Waals surface area (Å²) in [6.07, 6.45) is 6.02. The zero-order chi connectivity index (χ0) is 23.5. The van der Waals surface area contributed by atoms with Crippen molar-refractivity contribution in [2.75, 3.05) is 19.7 Å². The van der Waals surface area contributed by atoms with Crippen molar-refractivity contribution in [3.05, 3.63) is 0 Å². The lowest BCUT2D eigenvalue weighted by Gasteiger charge is -2.34. The summed E-state index contributed by atoms with van der Waals surface area (Å²) in [7, 11) is 0. The molecule has 0 saturated carbocycles. The first kappa shape index (κ1) is 25.0. The second-order valence-electron chi connectivity index (χ2n) is 9.96. The Morgan fingerprint density at radius 2 is 1.88 bits per heavy atom. The van der Waals surface area contributed by atoms with E-state index in [1.165, 1.54) is 0 Å². The van der Waals surface area contributed by atoms with Gasteiger partial charge in [-0.05, 0) is 52.4 Å². The van der Waals surface area contributed by atoms with Crippen LogP contribution in [-0.4, -0.2) is 70.7 Å². The number of hydrogen-bond acceptors (Lipinski definition) is 5. The summed E-state index contributed by atoms with van der Waals surface area (Å²) >= 11 is 0. The number of hydrogen-bond donors (Lipinski definition) is 3. The highest BCUT2D eigenvalue weighted by Crippen LogP contribution is 2.64. The van der Waals surface area contributed by atoms with Crippen LogP contribution in [0.5, 0.6) is 0 Å². The van der Waals surface area contributed by atoms with E-state index >= 15 is 0 Å². The number of rotatable bonds is 12. The average molecular weight is 452 g/mol. The number of aliphatic hydroxyl groups excluding tert-OH is 1. The smallest absolute Gasteiger partial charge is 0.246 e. The Labute approximate surface area is 191 Å². The van der Waals surface area contributed by atoms with Crippen LogP contribution < -0.4 is 10.6 Å². The fraction of sp³-hybridized carbons (Fsp3) is 0.875.